The molecule has 0 aliphatic heterocycles. The average molecular weight is 618 g/mol. The summed E-state index contributed by atoms with van der Waals surface area (Å²) < 4.78 is 5.50. The Morgan fingerprint density at radius 2 is 1.51 bits per heavy atom. The van der Waals surface area contributed by atoms with Crippen LogP contribution in [0.1, 0.15) is 82.5 Å². The van der Waals surface area contributed by atoms with E-state index in [1.807, 2.05) is 30.3 Å². The van der Waals surface area contributed by atoms with Crippen LogP contribution in [0.3, 0.4) is 0 Å². The molecule has 0 aliphatic rings. The second-order valence-electron chi connectivity index (χ2n) is 12.2. The van der Waals surface area contributed by atoms with Crippen LogP contribution in [-0.4, -0.2) is 51.2 Å². The highest BCUT2D eigenvalue weighted by atomic mass is 16.6. The SMILES string of the molecule is CCCCCCCN(C(=O)C(Cc1ccc(O)cc1)NC(=O)OC(C)(C)C)C(C(=O)NCc1ccccc1)c1cccc(O)c1. The maximum atomic E-state index is 14.6. The topological polar surface area (TPSA) is 128 Å². The first-order chi connectivity index (χ1) is 21.5. The van der Waals surface area contributed by atoms with E-state index in [2.05, 4.69) is 17.6 Å². The Morgan fingerprint density at radius 3 is 2.16 bits per heavy atom. The van der Waals surface area contributed by atoms with Gasteiger partial charge in [-0.05, 0) is 68.1 Å². The number of rotatable bonds is 15. The van der Waals surface area contributed by atoms with Gasteiger partial charge in [0.2, 0.25) is 11.8 Å². The third-order valence-electron chi connectivity index (χ3n) is 7.21. The molecule has 0 heterocycles. The van der Waals surface area contributed by atoms with E-state index in [1.54, 1.807) is 45.0 Å². The van der Waals surface area contributed by atoms with Gasteiger partial charge in [0.1, 0.15) is 29.2 Å². The van der Waals surface area contributed by atoms with E-state index in [0.29, 0.717) is 17.5 Å². The van der Waals surface area contributed by atoms with Crippen LogP contribution < -0.4 is 10.6 Å². The number of aromatic hydroxyl groups is 2. The minimum Gasteiger partial charge on any atom is -0.508 e. The largest absolute Gasteiger partial charge is 0.508 e. The molecule has 3 rings (SSSR count). The Kier molecular flexibility index (Phi) is 13.3. The van der Waals surface area contributed by atoms with Crippen molar-refractivity contribution >= 4 is 17.9 Å². The molecular formula is C36H47N3O6. The van der Waals surface area contributed by atoms with Gasteiger partial charge >= 0.3 is 6.09 Å². The number of phenols is 2. The Labute approximate surface area is 266 Å². The fourth-order valence-corrected chi connectivity index (χ4v) is 5.02. The number of unbranched alkanes of at least 4 members (excludes halogenated alkanes) is 4. The van der Waals surface area contributed by atoms with Crippen molar-refractivity contribution in [3.63, 3.8) is 0 Å². The molecule has 0 fully saturated rings. The third kappa shape index (κ3) is 11.8. The van der Waals surface area contributed by atoms with Gasteiger partial charge in [-0.3, -0.25) is 9.59 Å². The summed E-state index contributed by atoms with van der Waals surface area (Å²) in [5.74, 6) is -0.828. The zero-order chi connectivity index (χ0) is 32.8. The van der Waals surface area contributed by atoms with Crippen molar-refractivity contribution in [2.45, 2.75) is 90.4 Å². The lowest BCUT2D eigenvalue weighted by atomic mass is 9.99. The molecule has 45 heavy (non-hydrogen) atoms. The molecule has 0 bridgehead atoms. The van der Waals surface area contributed by atoms with Gasteiger partial charge in [-0.1, -0.05) is 87.2 Å². The molecule has 2 atom stereocenters. The normalized spacial score (nSPS) is 12.5. The van der Waals surface area contributed by atoms with Gasteiger partial charge in [-0.2, -0.15) is 0 Å². The van der Waals surface area contributed by atoms with Crippen LogP contribution in [0, 0.1) is 0 Å². The molecule has 0 saturated carbocycles. The Morgan fingerprint density at radius 1 is 0.822 bits per heavy atom. The maximum Gasteiger partial charge on any atom is 0.408 e. The van der Waals surface area contributed by atoms with E-state index in [0.717, 1.165) is 31.2 Å². The van der Waals surface area contributed by atoms with Gasteiger partial charge in [-0.15, -0.1) is 0 Å². The number of ether oxygens (including phenoxy) is 1. The summed E-state index contributed by atoms with van der Waals surface area (Å²) >= 11 is 0. The van der Waals surface area contributed by atoms with Crippen LogP contribution in [0.5, 0.6) is 11.5 Å². The monoisotopic (exact) mass is 617 g/mol. The van der Waals surface area contributed by atoms with E-state index < -0.39 is 35.6 Å². The van der Waals surface area contributed by atoms with Crippen molar-refractivity contribution in [1.82, 2.24) is 15.5 Å². The van der Waals surface area contributed by atoms with Gasteiger partial charge in [0.05, 0.1) is 0 Å². The maximum absolute atomic E-state index is 14.6. The molecule has 242 valence electrons. The summed E-state index contributed by atoms with van der Waals surface area (Å²) in [6, 6.07) is 20.0. The molecule has 0 spiro atoms. The predicted octanol–water partition coefficient (Wildman–Crippen LogP) is 6.39. The number of nitrogens with one attached hydrogen (secondary N) is 2. The number of amides is 3. The molecule has 9 nitrogen and oxygen atoms in total. The highest BCUT2D eigenvalue weighted by Crippen LogP contribution is 2.27. The quantitative estimate of drug-likeness (QED) is 0.146. The smallest absolute Gasteiger partial charge is 0.408 e. The summed E-state index contributed by atoms with van der Waals surface area (Å²) in [5.41, 5.74) is 1.25. The number of hydrogen-bond donors (Lipinski definition) is 4. The predicted molar refractivity (Wildman–Crippen MR) is 175 cm³/mol. The first kappa shape index (κ1) is 35.0. The number of carbonyl (C=O) groups excluding carboxylic acids is 3. The number of phenolic OH excluding ortho intramolecular Hbond substituents is 2. The zero-order valence-electron chi connectivity index (χ0n) is 26.8. The second kappa shape index (κ2) is 17.1. The van der Waals surface area contributed by atoms with Gasteiger partial charge in [-0.25, -0.2) is 4.79 Å². The first-order valence-corrected chi connectivity index (χ1v) is 15.7. The van der Waals surface area contributed by atoms with Crippen LogP contribution in [0.4, 0.5) is 4.79 Å². The Balaban J connectivity index is 2.02. The van der Waals surface area contributed by atoms with Crippen molar-refractivity contribution in [3.8, 4) is 11.5 Å². The van der Waals surface area contributed by atoms with Crippen LogP contribution in [0.2, 0.25) is 0 Å². The summed E-state index contributed by atoms with van der Waals surface area (Å²) in [7, 11) is 0. The standard InChI is InChI=1S/C36H47N3O6/c1-5-6-7-8-12-22-39(32(28-16-13-17-30(41)24-28)33(42)37-25-27-14-10-9-11-15-27)34(43)31(38-35(44)45-36(2,3)4)23-26-18-20-29(40)21-19-26/h9-11,13-21,24,31-32,40-41H,5-8,12,22-23,25H2,1-4H3,(H,37,42)(H,38,44). The summed E-state index contributed by atoms with van der Waals surface area (Å²) in [5, 5.41) is 25.9. The second-order valence-corrected chi connectivity index (χ2v) is 12.2. The summed E-state index contributed by atoms with van der Waals surface area (Å²) in [6.45, 7) is 7.84. The van der Waals surface area contributed by atoms with Gasteiger partial charge in [0.15, 0.2) is 0 Å². The molecule has 0 saturated heterocycles. The number of carbonyl (C=O) groups is 3. The van der Waals surface area contributed by atoms with Crippen LogP contribution in [-0.2, 0) is 27.3 Å². The zero-order valence-corrected chi connectivity index (χ0v) is 26.8. The third-order valence-corrected chi connectivity index (χ3v) is 7.21. The molecule has 0 radical (unpaired) electrons. The first-order valence-electron chi connectivity index (χ1n) is 15.7. The van der Waals surface area contributed by atoms with Crippen molar-refractivity contribution in [3.05, 3.63) is 95.6 Å². The van der Waals surface area contributed by atoms with E-state index in [1.165, 1.54) is 29.2 Å². The molecule has 9 heteroatoms. The molecule has 3 aromatic carbocycles. The highest BCUT2D eigenvalue weighted by Gasteiger charge is 2.36. The van der Waals surface area contributed by atoms with Crippen molar-refractivity contribution < 1.29 is 29.3 Å². The Hall–Kier alpha value is -4.53. The van der Waals surface area contributed by atoms with Gasteiger partial charge in [0, 0.05) is 19.5 Å². The fourth-order valence-electron chi connectivity index (χ4n) is 5.02. The number of alkyl carbamates (subject to hydrolysis) is 1. The molecule has 3 aromatic rings. The summed E-state index contributed by atoms with van der Waals surface area (Å²) in [4.78, 5) is 43.1. The highest BCUT2D eigenvalue weighted by molar-refractivity contribution is 5.92. The van der Waals surface area contributed by atoms with E-state index >= 15 is 0 Å². The minimum atomic E-state index is -1.08. The molecule has 3 amide bonds. The van der Waals surface area contributed by atoms with Crippen LogP contribution in [0.25, 0.3) is 0 Å². The van der Waals surface area contributed by atoms with Crippen molar-refractivity contribution in [1.29, 1.82) is 0 Å². The van der Waals surface area contributed by atoms with E-state index in [9.17, 15) is 24.6 Å². The number of nitrogens with zero attached hydrogens (tertiary/aromatic N) is 1. The van der Waals surface area contributed by atoms with Gasteiger partial charge in [0.25, 0.3) is 0 Å². The molecular weight excluding hydrogens is 570 g/mol. The molecule has 2 unspecified atom stereocenters. The Bertz CT molecular complexity index is 1370. The van der Waals surface area contributed by atoms with Crippen molar-refractivity contribution in [2.24, 2.45) is 0 Å². The van der Waals surface area contributed by atoms with E-state index in [4.69, 9.17) is 4.74 Å². The molecule has 4 N–H and O–H groups in total. The minimum absolute atomic E-state index is 0.0313. The summed E-state index contributed by atoms with van der Waals surface area (Å²) in [6.07, 6.45) is 3.95. The lowest BCUT2D eigenvalue weighted by Crippen LogP contribution is -2.54. The average Bonchev–Trinajstić information content (AvgIpc) is 2.99. The fraction of sp³-hybridized carbons (Fsp3) is 0.417. The van der Waals surface area contributed by atoms with Gasteiger partial charge < -0.3 is 30.5 Å². The number of hydrogen-bond acceptors (Lipinski definition) is 6. The van der Waals surface area contributed by atoms with Crippen LogP contribution in [0.15, 0.2) is 78.9 Å². The van der Waals surface area contributed by atoms with Crippen LogP contribution >= 0.6 is 0 Å². The van der Waals surface area contributed by atoms with Crippen molar-refractivity contribution in [2.75, 3.05) is 6.54 Å². The number of benzene rings is 3. The lowest BCUT2D eigenvalue weighted by molar-refractivity contribution is -0.142. The lowest BCUT2D eigenvalue weighted by Gasteiger charge is -2.35. The molecule has 0 aliphatic carbocycles. The molecule has 0 aromatic heterocycles. The van der Waals surface area contributed by atoms with E-state index in [-0.39, 0.29) is 31.0 Å².